The maximum atomic E-state index is 5.68. The fourth-order valence-corrected chi connectivity index (χ4v) is 2.23. The molecule has 0 bridgehead atoms. The lowest BCUT2D eigenvalue weighted by atomic mass is 9.99. The summed E-state index contributed by atoms with van der Waals surface area (Å²) < 4.78 is 7.38. The number of hydrogen-bond acceptors (Lipinski definition) is 4. The van der Waals surface area contributed by atoms with Crippen molar-refractivity contribution in [3.63, 3.8) is 0 Å². The normalized spacial score (nSPS) is 14.3. The summed E-state index contributed by atoms with van der Waals surface area (Å²) in [7, 11) is 3.60. The van der Waals surface area contributed by atoms with Crippen LogP contribution in [0.25, 0.3) is 0 Å². The number of hydrogen-bond donors (Lipinski definition) is 2. The van der Waals surface area contributed by atoms with Gasteiger partial charge in [-0.15, -0.1) is 0 Å². The van der Waals surface area contributed by atoms with Gasteiger partial charge in [-0.05, 0) is 11.6 Å². The van der Waals surface area contributed by atoms with Gasteiger partial charge in [-0.25, -0.2) is 0 Å². The lowest BCUT2D eigenvalue weighted by Gasteiger charge is -2.25. The van der Waals surface area contributed by atoms with Crippen LogP contribution in [0.5, 0.6) is 0 Å². The molecule has 3 N–H and O–H groups in total. The highest BCUT2D eigenvalue weighted by Gasteiger charge is 2.23. The van der Waals surface area contributed by atoms with Gasteiger partial charge in [-0.2, -0.15) is 5.10 Å². The molecular formula is C14H20N4O. The van der Waals surface area contributed by atoms with Crippen LogP contribution < -0.4 is 11.3 Å². The Morgan fingerprint density at radius 1 is 1.32 bits per heavy atom. The van der Waals surface area contributed by atoms with Gasteiger partial charge in [0.25, 0.3) is 0 Å². The van der Waals surface area contributed by atoms with E-state index in [9.17, 15) is 0 Å². The minimum Gasteiger partial charge on any atom is -0.375 e. The fraction of sp³-hybridized carbons (Fsp3) is 0.357. The molecule has 2 aromatic rings. The summed E-state index contributed by atoms with van der Waals surface area (Å²) in [6.45, 7) is 0. The second-order valence-corrected chi connectivity index (χ2v) is 4.53. The molecule has 0 saturated carbocycles. The Hall–Kier alpha value is -1.69. The number of ether oxygens (including phenoxy) is 1. The number of rotatable bonds is 6. The predicted molar refractivity (Wildman–Crippen MR) is 74.2 cm³/mol. The van der Waals surface area contributed by atoms with Crippen LogP contribution in [0.4, 0.5) is 0 Å². The van der Waals surface area contributed by atoms with Crippen LogP contribution in [0.3, 0.4) is 0 Å². The molecule has 2 atom stereocenters. The van der Waals surface area contributed by atoms with E-state index in [2.05, 4.69) is 10.5 Å². The second kappa shape index (κ2) is 6.47. The topological polar surface area (TPSA) is 65.1 Å². The molecule has 0 radical (unpaired) electrons. The molecule has 1 aromatic carbocycles. The maximum absolute atomic E-state index is 5.68. The van der Waals surface area contributed by atoms with Crippen molar-refractivity contribution >= 4 is 0 Å². The first-order valence-corrected chi connectivity index (χ1v) is 6.27. The standard InChI is InChI=1S/C14H20N4O/c1-18-9-8-12(17-18)10-13(16-15)14(19-2)11-6-4-3-5-7-11/h3-9,13-14,16H,10,15H2,1-2H3. The van der Waals surface area contributed by atoms with Gasteiger partial charge >= 0.3 is 0 Å². The summed E-state index contributed by atoms with van der Waals surface area (Å²) >= 11 is 0. The van der Waals surface area contributed by atoms with Gasteiger partial charge in [0.2, 0.25) is 0 Å². The minimum atomic E-state index is -0.104. The molecule has 19 heavy (non-hydrogen) atoms. The maximum Gasteiger partial charge on any atom is 0.0991 e. The SMILES string of the molecule is COC(c1ccccc1)C(Cc1ccn(C)n1)NN. The number of hydrazine groups is 1. The highest BCUT2D eigenvalue weighted by Crippen LogP contribution is 2.22. The zero-order chi connectivity index (χ0) is 13.7. The van der Waals surface area contributed by atoms with Gasteiger partial charge in [0.15, 0.2) is 0 Å². The highest BCUT2D eigenvalue weighted by atomic mass is 16.5. The predicted octanol–water partition coefficient (Wildman–Crippen LogP) is 1.18. The average molecular weight is 260 g/mol. The van der Waals surface area contributed by atoms with Gasteiger partial charge in [0.05, 0.1) is 17.8 Å². The van der Waals surface area contributed by atoms with E-state index in [4.69, 9.17) is 10.6 Å². The molecule has 102 valence electrons. The quantitative estimate of drug-likeness (QED) is 0.605. The molecule has 2 unspecified atom stereocenters. The van der Waals surface area contributed by atoms with Crippen molar-refractivity contribution < 1.29 is 4.74 Å². The van der Waals surface area contributed by atoms with Crippen LogP contribution in [0.15, 0.2) is 42.6 Å². The van der Waals surface area contributed by atoms with Gasteiger partial charge in [0.1, 0.15) is 0 Å². The molecule has 0 aliphatic carbocycles. The summed E-state index contributed by atoms with van der Waals surface area (Å²) in [5.41, 5.74) is 4.93. The van der Waals surface area contributed by atoms with Crippen LogP contribution in [-0.4, -0.2) is 22.9 Å². The van der Waals surface area contributed by atoms with Crippen molar-refractivity contribution in [2.24, 2.45) is 12.9 Å². The second-order valence-electron chi connectivity index (χ2n) is 4.53. The molecule has 0 fully saturated rings. The van der Waals surface area contributed by atoms with E-state index in [1.54, 1.807) is 11.8 Å². The first-order chi connectivity index (χ1) is 9.24. The Labute approximate surface area is 113 Å². The average Bonchev–Trinajstić information content (AvgIpc) is 2.85. The molecule has 0 aliphatic heterocycles. The summed E-state index contributed by atoms with van der Waals surface area (Å²) in [6.07, 6.45) is 2.53. The van der Waals surface area contributed by atoms with E-state index in [0.29, 0.717) is 6.42 Å². The third-order valence-electron chi connectivity index (χ3n) is 3.16. The summed E-state index contributed by atoms with van der Waals surface area (Å²) in [4.78, 5) is 0. The molecule has 0 spiro atoms. The lowest BCUT2D eigenvalue weighted by molar-refractivity contribution is 0.0675. The third kappa shape index (κ3) is 3.41. The molecule has 1 aromatic heterocycles. The Morgan fingerprint density at radius 3 is 2.58 bits per heavy atom. The van der Waals surface area contributed by atoms with Crippen molar-refractivity contribution in [1.82, 2.24) is 15.2 Å². The number of aromatic nitrogens is 2. The largest absolute Gasteiger partial charge is 0.375 e. The Kier molecular flexibility index (Phi) is 4.68. The smallest absolute Gasteiger partial charge is 0.0991 e. The van der Waals surface area contributed by atoms with Crippen molar-refractivity contribution in [2.75, 3.05) is 7.11 Å². The van der Waals surface area contributed by atoms with Crippen molar-refractivity contribution in [1.29, 1.82) is 0 Å². The van der Waals surface area contributed by atoms with E-state index in [0.717, 1.165) is 11.3 Å². The Morgan fingerprint density at radius 2 is 2.05 bits per heavy atom. The number of nitrogens with zero attached hydrogens (tertiary/aromatic N) is 2. The monoisotopic (exact) mass is 260 g/mol. The molecule has 0 aliphatic rings. The zero-order valence-electron chi connectivity index (χ0n) is 11.3. The number of nitrogens with two attached hydrogens (primary N) is 1. The molecule has 0 saturated heterocycles. The van der Waals surface area contributed by atoms with E-state index >= 15 is 0 Å². The van der Waals surface area contributed by atoms with E-state index in [1.165, 1.54) is 0 Å². The summed E-state index contributed by atoms with van der Waals surface area (Å²) in [5, 5.41) is 4.37. The van der Waals surface area contributed by atoms with E-state index < -0.39 is 0 Å². The molecule has 5 nitrogen and oxygen atoms in total. The first kappa shape index (κ1) is 13.7. The summed E-state index contributed by atoms with van der Waals surface area (Å²) in [5.74, 6) is 5.68. The number of nitrogens with one attached hydrogen (secondary N) is 1. The molecule has 5 heteroatoms. The van der Waals surface area contributed by atoms with E-state index in [-0.39, 0.29) is 12.1 Å². The highest BCUT2D eigenvalue weighted by molar-refractivity contribution is 5.20. The minimum absolute atomic E-state index is 0.0256. The number of methoxy groups -OCH3 is 1. The third-order valence-corrected chi connectivity index (χ3v) is 3.16. The fourth-order valence-electron chi connectivity index (χ4n) is 2.23. The molecule has 1 heterocycles. The number of benzene rings is 1. The Bertz CT molecular complexity index is 497. The first-order valence-electron chi connectivity index (χ1n) is 6.27. The summed E-state index contributed by atoms with van der Waals surface area (Å²) in [6, 6.07) is 12.0. The zero-order valence-corrected chi connectivity index (χ0v) is 11.3. The van der Waals surface area contributed by atoms with Crippen molar-refractivity contribution in [3.05, 3.63) is 53.9 Å². The van der Waals surface area contributed by atoms with Crippen molar-refractivity contribution in [2.45, 2.75) is 18.6 Å². The van der Waals surface area contributed by atoms with Crippen molar-refractivity contribution in [3.8, 4) is 0 Å². The van der Waals surface area contributed by atoms with E-state index in [1.807, 2.05) is 49.6 Å². The van der Waals surface area contributed by atoms with Gasteiger partial charge < -0.3 is 4.74 Å². The van der Waals surface area contributed by atoms with Gasteiger partial charge in [-0.1, -0.05) is 30.3 Å². The molecule has 0 amide bonds. The van der Waals surface area contributed by atoms with Crippen LogP contribution in [0, 0.1) is 0 Å². The lowest BCUT2D eigenvalue weighted by Crippen LogP contribution is -2.42. The number of aryl methyl sites for hydroxylation is 1. The van der Waals surface area contributed by atoms with Crippen LogP contribution in [0.2, 0.25) is 0 Å². The van der Waals surface area contributed by atoms with Gasteiger partial charge in [0, 0.05) is 26.8 Å². The Balaban J connectivity index is 2.15. The molecule has 2 rings (SSSR count). The van der Waals surface area contributed by atoms with Crippen LogP contribution in [-0.2, 0) is 18.2 Å². The van der Waals surface area contributed by atoms with Crippen LogP contribution >= 0.6 is 0 Å². The molecular weight excluding hydrogens is 240 g/mol. The van der Waals surface area contributed by atoms with Crippen LogP contribution in [0.1, 0.15) is 17.4 Å². The van der Waals surface area contributed by atoms with Gasteiger partial charge in [-0.3, -0.25) is 16.0 Å².